The molecule has 0 radical (unpaired) electrons. The summed E-state index contributed by atoms with van der Waals surface area (Å²) in [7, 11) is 5.37. The first kappa shape index (κ1) is 83.1. The number of rotatable bonds is 0. The van der Waals surface area contributed by atoms with Gasteiger partial charge in [0.15, 0.2) is 11.6 Å². The van der Waals surface area contributed by atoms with E-state index in [0.717, 1.165) is 39.9 Å². The van der Waals surface area contributed by atoms with E-state index in [4.69, 9.17) is 0 Å². The van der Waals surface area contributed by atoms with E-state index in [0.29, 0.717) is 5.82 Å². The van der Waals surface area contributed by atoms with E-state index in [1.807, 2.05) is 166 Å². The summed E-state index contributed by atoms with van der Waals surface area (Å²) in [5.74, 6) is 1.47. The number of aryl methyl sites for hydroxylation is 13. The molecule has 0 aliphatic carbocycles. The fraction of sp³-hybridized carbons (Fsp3) is 0.600. The predicted octanol–water partition coefficient (Wildman–Crippen LogP) is 8.87. The first-order chi connectivity index (χ1) is 37.2. The van der Waals surface area contributed by atoms with E-state index in [1.165, 1.54) is 48.6 Å². The lowest BCUT2D eigenvalue weighted by molar-refractivity contribution is 0.373. The number of aromatic nitrogens is 29. The Labute approximate surface area is 465 Å². The second kappa shape index (κ2) is 66.1. The van der Waals surface area contributed by atoms with Crippen molar-refractivity contribution in [2.45, 2.75) is 166 Å². The van der Waals surface area contributed by atoms with Crippen molar-refractivity contribution >= 4 is 23.1 Å². The van der Waals surface area contributed by atoms with Crippen LogP contribution >= 0.6 is 23.1 Å². The van der Waals surface area contributed by atoms with Gasteiger partial charge >= 0.3 is 0 Å². The first-order valence-corrected chi connectivity index (χ1v) is 26.4. The van der Waals surface area contributed by atoms with Gasteiger partial charge in [0.2, 0.25) is 0 Å². The monoisotopic (exact) mass is 1120 g/mol. The molecule has 0 saturated carbocycles. The van der Waals surface area contributed by atoms with Crippen LogP contribution in [0.1, 0.15) is 152 Å². The Morgan fingerprint density at radius 1 is 0.455 bits per heavy atom. The van der Waals surface area contributed by atoms with Crippen LogP contribution in [-0.4, -0.2) is 147 Å². The highest BCUT2D eigenvalue weighted by Gasteiger charge is 1.94. The van der Waals surface area contributed by atoms with Crippen LogP contribution in [-0.2, 0) is 21.1 Å². The molecule has 77 heavy (non-hydrogen) atoms. The first-order valence-electron chi connectivity index (χ1n) is 24.9. The molecule has 0 bridgehead atoms. The lowest BCUT2D eigenvalue weighted by Crippen LogP contribution is -1.89. The van der Waals surface area contributed by atoms with Crippen molar-refractivity contribution in [3.63, 3.8) is 0 Å². The summed E-state index contributed by atoms with van der Waals surface area (Å²) in [6.07, 6.45) is 13.2. The lowest BCUT2D eigenvalue weighted by Gasteiger charge is -1.75. The maximum atomic E-state index is 4.60. The van der Waals surface area contributed by atoms with Crippen LogP contribution < -0.4 is 0 Å². The van der Waals surface area contributed by atoms with Gasteiger partial charge in [0.25, 0.3) is 0 Å². The average molecular weight is 1120 g/mol. The van der Waals surface area contributed by atoms with Crippen molar-refractivity contribution in [3.05, 3.63) is 105 Å². The van der Waals surface area contributed by atoms with Gasteiger partial charge in [-0.3, -0.25) is 4.68 Å². The van der Waals surface area contributed by atoms with Crippen molar-refractivity contribution in [2.75, 3.05) is 0 Å². The van der Waals surface area contributed by atoms with Crippen molar-refractivity contribution in [2.24, 2.45) is 21.1 Å². The van der Waals surface area contributed by atoms with Crippen LogP contribution in [0.3, 0.4) is 0 Å². The van der Waals surface area contributed by atoms with E-state index in [1.54, 1.807) is 69.1 Å². The summed E-state index contributed by atoms with van der Waals surface area (Å²) in [5.41, 5.74) is 5.73. The van der Waals surface area contributed by atoms with E-state index in [9.17, 15) is 0 Å². The second-order valence-corrected chi connectivity index (χ2v) is 13.5. The average Bonchev–Trinajstić information content (AvgIpc) is 4.27. The number of hydrogen-bond donors (Lipinski definition) is 4. The van der Waals surface area contributed by atoms with Crippen LogP contribution in [0.2, 0.25) is 0 Å². The fourth-order valence-electron chi connectivity index (χ4n) is 2.58. The van der Waals surface area contributed by atoms with E-state index >= 15 is 0 Å². The Balaban J connectivity index is -0.000000138. The highest BCUT2D eigenvalue weighted by Crippen LogP contribution is 2.05. The topological polar surface area (TPSA) is 375 Å². The van der Waals surface area contributed by atoms with Gasteiger partial charge in [-0.1, -0.05) is 116 Å². The van der Waals surface area contributed by atoms with Gasteiger partial charge in [0.05, 0.1) is 65.7 Å². The molecule has 30 nitrogen and oxygen atoms in total. The molecule has 4 N–H and O–H groups in total. The molecule has 0 atom stereocenters. The lowest BCUT2D eigenvalue weighted by atomic mass is 10.4. The van der Waals surface area contributed by atoms with Gasteiger partial charge in [-0.05, 0) is 103 Å². The summed E-state index contributed by atoms with van der Waals surface area (Å²) >= 11 is 2.89. The zero-order valence-electron chi connectivity index (χ0n) is 51.0. The Bertz CT molecular complexity index is 1940. The van der Waals surface area contributed by atoms with Crippen LogP contribution in [0.25, 0.3) is 0 Å². The minimum atomic E-state index is 0.676. The Hall–Kier alpha value is -7.90. The molecular weight excluding hydrogens is 1030 g/mol. The van der Waals surface area contributed by atoms with E-state index < -0.39 is 0 Å². The molecule has 0 fully saturated rings. The normalized spacial score (nSPS) is 7.94. The summed E-state index contributed by atoms with van der Waals surface area (Å²) in [4.78, 5) is 3.92. The highest BCUT2D eigenvalue weighted by atomic mass is 32.1. The molecule has 0 saturated heterocycles. The molecule has 10 aromatic rings. The van der Waals surface area contributed by atoms with Gasteiger partial charge in [-0.15, -0.1) is 35.7 Å². The van der Waals surface area contributed by atoms with Crippen LogP contribution in [0.5, 0.6) is 0 Å². The largest absolute Gasteiger partial charge is 0.342 e. The quantitative estimate of drug-likeness (QED) is 0.110. The second-order valence-electron chi connectivity index (χ2n) is 11.6. The van der Waals surface area contributed by atoms with Crippen molar-refractivity contribution in [3.8, 4) is 0 Å². The predicted molar refractivity (Wildman–Crippen MR) is 305 cm³/mol. The molecule has 10 rings (SSSR count). The molecule has 10 aromatic heterocycles. The third-order valence-electron chi connectivity index (χ3n) is 6.22. The van der Waals surface area contributed by atoms with Gasteiger partial charge in [0, 0.05) is 42.4 Å². The molecule has 32 heteroatoms. The third kappa shape index (κ3) is 58.9. The smallest absolute Gasteiger partial charge is 0.171 e. The third-order valence-corrected chi connectivity index (χ3v) is 7.68. The molecule has 0 aliphatic heterocycles. The molecule has 436 valence electrons. The number of H-pyrrole nitrogens is 4. The minimum absolute atomic E-state index is 0.676. The molecule has 0 spiro atoms. The summed E-state index contributed by atoms with van der Waals surface area (Å²) in [6.45, 7) is 47.0. The SMILES string of the molecule is CC.CC.CC.CC.CC.CC.CC.Cc1cn[nH]n1.Cc1cn[nH]n1.Cc1cn[nH]n1.Cc1nn[nH]n1.Cc1nnoc1C.Cc1nnsc1C.Cc1nnsc1C.Cn1ccnn1.Cn1cnnn1.Cn1nccn1. The molecule has 0 aliphatic rings. The van der Waals surface area contributed by atoms with Crippen LogP contribution in [0.15, 0.2) is 54.2 Å². The van der Waals surface area contributed by atoms with Gasteiger partial charge in [-0.25, -0.2) is 4.68 Å². The zero-order chi connectivity index (χ0) is 60.7. The molecule has 0 amide bonds. The highest BCUT2D eigenvalue weighted by molar-refractivity contribution is 7.05. The Kier molecular flexibility index (Phi) is 71.4. The van der Waals surface area contributed by atoms with Crippen molar-refractivity contribution in [1.29, 1.82) is 0 Å². The molecule has 10 heterocycles. The number of nitrogens with zero attached hydrogens (tertiary/aromatic N) is 25. The summed E-state index contributed by atoms with van der Waals surface area (Å²) in [6, 6.07) is 0. The molecular formula is C45H93N29OS2. The van der Waals surface area contributed by atoms with Crippen LogP contribution in [0, 0.1) is 69.2 Å². The van der Waals surface area contributed by atoms with Gasteiger partial charge in [-0.2, -0.15) is 66.4 Å². The maximum Gasteiger partial charge on any atom is 0.171 e. The summed E-state index contributed by atoms with van der Waals surface area (Å²) < 4.78 is 15.2. The van der Waals surface area contributed by atoms with Crippen molar-refractivity contribution < 1.29 is 4.52 Å². The minimum Gasteiger partial charge on any atom is -0.342 e. The number of tetrazole rings is 2. The van der Waals surface area contributed by atoms with E-state index in [2.05, 4.69) is 137 Å². The number of aromatic amines is 4. The van der Waals surface area contributed by atoms with Gasteiger partial charge in [0.1, 0.15) is 12.0 Å². The maximum absolute atomic E-state index is 4.60. The van der Waals surface area contributed by atoms with Gasteiger partial charge < -0.3 is 4.52 Å². The molecule has 0 aromatic carbocycles. The number of hydrogen-bond acceptors (Lipinski definition) is 25. The number of nitrogens with one attached hydrogen (secondary N) is 4. The van der Waals surface area contributed by atoms with Crippen LogP contribution in [0.4, 0.5) is 0 Å². The van der Waals surface area contributed by atoms with E-state index in [-0.39, 0.29) is 0 Å². The zero-order valence-corrected chi connectivity index (χ0v) is 52.7. The standard InChI is InChI=1S/C4H6N2O.2C4H6N2S.5C3H5N3.2C2H4N4.7C2H6/c3*1-3-4(2)7-6-5-3;1-6-3-2-4-5-6;1-6-4-2-3-5-6;3*1-3-2-4-6-5-3;1-6-2-3-4-5-6;1-2-3-5-6-4-2;7*1-2/h3*1-2H3;2*2-3H,1H3;3*2H,1H3,(H,4,5,6);2H,1H3;1H3,(H,3,4,5,6);7*1-2H3. The molecule has 0 unspecified atom stereocenters. The summed E-state index contributed by atoms with van der Waals surface area (Å²) in [5, 5.41) is 81.0. The van der Waals surface area contributed by atoms with Crippen molar-refractivity contribution in [1.82, 2.24) is 147 Å². The Morgan fingerprint density at radius 2 is 0.883 bits per heavy atom. The fourth-order valence-corrected chi connectivity index (χ4v) is 3.50. The Morgan fingerprint density at radius 3 is 0.974 bits per heavy atom.